The van der Waals surface area contributed by atoms with Gasteiger partial charge in [0.05, 0.1) is 6.61 Å². The molecule has 1 aromatic carbocycles. The van der Waals surface area contributed by atoms with Crippen LogP contribution in [0.5, 0.6) is 0 Å². The summed E-state index contributed by atoms with van der Waals surface area (Å²) in [5, 5.41) is 6.11. The van der Waals surface area contributed by atoms with Gasteiger partial charge in [-0.05, 0) is 31.2 Å². The second-order valence-corrected chi connectivity index (χ2v) is 3.98. The minimum atomic E-state index is 0.0264. The van der Waals surface area contributed by atoms with Crippen LogP contribution >= 0.6 is 0 Å². The lowest BCUT2D eigenvalue weighted by Crippen LogP contribution is -2.20. The van der Waals surface area contributed by atoms with Crippen molar-refractivity contribution in [1.82, 2.24) is 0 Å². The van der Waals surface area contributed by atoms with Gasteiger partial charge in [-0.1, -0.05) is 6.92 Å². The molecule has 4 nitrogen and oxygen atoms in total. The maximum Gasteiger partial charge on any atom is 0.224 e. The Morgan fingerprint density at radius 2 is 1.88 bits per heavy atom. The summed E-state index contributed by atoms with van der Waals surface area (Å²) in [6.45, 7) is 4.54. The van der Waals surface area contributed by atoms with Crippen LogP contribution < -0.4 is 10.6 Å². The third kappa shape index (κ3) is 4.87. The molecule has 1 unspecified atom stereocenters. The van der Waals surface area contributed by atoms with Gasteiger partial charge in [0.1, 0.15) is 0 Å². The van der Waals surface area contributed by atoms with Crippen LogP contribution in [0, 0.1) is 0 Å². The molecule has 1 rings (SSSR count). The lowest BCUT2D eigenvalue weighted by atomic mass is 10.2. The van der Waals surface area contributed by atoms with Gasteiger partial charge in [-0.15, -0.1) is 0 Å². The molecular formula is C13H20N2O2. The summed E-state index contributed by atoms with van der Waals surface area (Å²) in [5.41, 5.74) is 1.84. The Morgan fingerprint density at radius 3 is 2.41 bits per heavy atom. The standard InChI is InChI=1S/C13H20N2O2/c1-4-13(16)15-12-7-5-11(6-8-12)14-10(2)9-17-3/h5-8,10,14H,4,9H2,1-3H3,(H,15,16). The maximum absolute atomic E-state index is 11.2. The number of hydrogen-bond donors (Lipinski definition) is 2. The molecule has 0 saturated carbocycles. The van der Waals surface area contributed by atoms with Crippen molar-refractivity contribution in [2.45, 2.75) is 26.3 Å². The van der Waals surface area contributed by atoms with E-state index in [2.05, 4.69) is 17.6 Å². The molecule has 2 N–H and O–H groups in total. The molecule has 4 heteroatoms. The van der Waals surface area contributed by atoms with Crippen molar-refractivity contribution in [3.63, 3.8) is 0 Å². The fraction of sp³-hybridized carbons (Fsp3) is 0.462. The van der Waals surface area contributed by atoms with E-state index < -0.39 is 0 Å². The minimum Gasteiger partial charge on any atom is -0.383 e. The van der Waals surface area contributed by atoms with Gasteiger partial charge in [0.2, 0.25) is 5.91 Å². The first-order valence-corrected chi connectivity index (χ1v) is 5.81. The van der Waals surface area contributed by atoms with Crippen LogP contribution in [0.15, 0.2) is 24.3 Å². The molecule has 0 spiro atoms. The van der Waals surface area contributed by atoms with E-state index in [0.717, 1.165) is 11.4 Å². The summed E-state index contributed by atoms with van der Waals surface area (Å²) >= 11 is 0. The van der Waals surface area contributed by atoms with Crippen molar-refractivity contribution in [2.75, 3.05) is 24.4 Å². The zero-order valence-electron chi connectivity index (χ0n) is 10.6. The van der Waals surface area contributed by atoms with Crippen molar-refractivity contribution >= 4 is 17.3 Å². The number of methoxy groups -OCH3 is 1. The fourth-order valence-electron chi connectivity index (χ4n) is 1.48. The van der Waals surface area contributed by atoms with Crippen molar-refractivity contribution in [2.24, 2.45) is 0 Å². The minimum absolute atomic E-state index is 0.0264. The quantitative estimate of drug-likeness (QED) is 0.797. The van der Waals surface area contributed by atoms with Gasteiger partial charge in [-0.2, -0.15) is 0 Å². The molecule has 1 atom stereocenters. The summed E-state index contributed by atoms with van der Waals surface area (Å²) in [4.78, 5) is 11.2. The van der Waals surface area contributed by atoms with Crippen molar-refractivity contribution < 1.29 is 9.53 Å². The van der Waals surface area contributed by atoms with E-state index in [1.807, 2.05) is 31.2 Å². The van der Waals surface area contributed by atoms with Crippen LogP contribution in [0.3, 0.4) is 0 Å². The molecule has 17 heavy (non-hydrogen) atoms. The fourth-order valence-corrected chi connectivity index (χ4v) is 1.48. The predicted octanol–water partition coefficient (Wildman–Crippen LogP) is 2.48. The molecule has 0 saturated heterocycles. The van der Waals surface area contributed by atoms with Crippen LogP contribution in [-0.2, 0) is 9.53 Å². The maximum atomic E-state index is 11.2. The number of carbonyl (C=O) groups excluding carboxylic acids is 1. The lowest BCUT2D eigenvalue weighted by molar-refractivity contribution is -0.115. The topological polar surface area (TPSA) is 50.4 Å². The third-order valence-corrected chi connectivity index (χ3v) is 2.32. The number of nitrogens with one attached hydrogen (secondary N) is 2. The van der Waals surface area contributed by atoms with Crippen LogP contribution in [0.25, 0.3) is 0 Å². The van der Waals surface area contributed by atoms with Gasteiger partial charge >= 0.3 is 0 Å². The highest BCUT2D eigenvalue weighted by atomic mass is 16.5. The Balaban J connectivity index is 2.52. The molecule has 0 bridgehead atoms. The number of benzene rings is 1. The zero-order valence-corrected chi connectivity index (χ0v) is 10.6. The largest absolute Gasteiger partial charge is 0.383 e. The molecule has 0 heterocycles. The van der Waals surface area contributed by atoms with Gasteiger partial charge in [-0.25, -0.2) is 0 Å². The first kappa shape index (κ1) is 13.5. The van der Waals surface area contributed by atoms with Gasteiger partial charge in [0, 0.05) is 30.9 Å². The van der Waals surface area contributed by atoms with Crippen LogP contribution in [-0.4, -0.2) is 25.7 Å². The Kier molecular flexibility index (Phi) is 5.49. The van der Waals surface area contributed by atoms with E-state index in [-0.39, 0.29) is 11.9 Å². The lowest BCUT2D eigenvalue weighted by Gasteiger charge is -2.14. The second-order valence-electron chi connectivity index (χ2n) is 3.98. The predicted molar refractivity (Wildman–Crippen MR) is 70.3 cm³/mol. The van der Waals surface area contributed by atoms with Gasteiger partial charge in [0.25, 0.3) is 0 Å². The summed E-state index contributed by atoms with van der Waals surface area (Å²) in [6, 6.07) is 7.91. The van der Waals surface area contributed by atoms with Crippen LogP contribution in [0.4, 0.5) is 11.4 Å². The first-order valence-electron chi connectivity index (χ1n) is 5.81. The molecule has 1 amide bonds. The molecule has 94 valence electrons. The second kappa shape index (κ2) is 6.91. The summed E-state index contributed by atoms with van der Waals surface area (Å²) in [5.74, 6) is 0.0264. The molecule has 0 fully saturated rings. The SMILES string of the molecule is CCC(=O)Nc1ccc(NC(C)COC)cc1. The highest BCUT2D eigenvalue weighted by Crippen LogP contribution is 2.14. The monoisotopic (exact) mass is 236 g/mol. The molecule has 1 aromatic rings. The Labute approximate surface area is 102 Å². The number of ether oxygens (including phenoxy) is 1. The summed E-state index contributed by atoms with van der Waals surface area (Å²) in [7, 11) is 1.68. The third-order valence-electron chi connectivity index (χ3n) is 2.32. The molecule has 0 aliphatic rings. The summed E-state index contributed by atoms with van der Waals surface area (Å²) < 4.78 is 5.05. The van der Waals surface area contributed by atoms with E-state index in [1.165, 1.54) is 0 Å². The Hall–Kier alpha value is -1.55. The molecule has 0 aromatic heterocycles. The number of anilines is 2. The van der Waals surface area contributed by atoms with Crippen LogP contribution in [0.2, 0.25) is 0 Å². The van der Waals surface area contributed by atoms with E-state index in [4.69, 9.17) is 4.74 Å². The van der Waals surface area contributed by atoms with E-state index in [1.54, 1.807) is 7.11 Å². The normalized spacial score (nSPS) is 11.9. The Morgan fingerprint density at radius 1 is 1.29 bits per heavy atom. The van der Waals surface area contributed by atoms with Gasteiger partial charge < -0.3 is 15.4 Å². The van der Waals surface area contributed by atoms with Crippen LogP contribution in [0.1, 0.15) is 20.3 Å². The number of hydrogen-bond acceptors (Lipinski definition) is 3. The first-order chi connectivity index (χ1) is 8.15. The number of amides is 1. The van der Waals surface area contributed by atoms with E-state index in [0.29, 0.717) is 13.0 Å². The molecule has 0 radical (unpaired) electrons. The summed E-state index contributed by atoms with van der Waals surface area (Å²) in [6.07, 6.45) is 0.491. The molecule has 0 aliphatic carbocycles. The van der Waals surface area contributed by atoms with E-state index in [9.17, 15) is 4.79 Å². The smallest absolute Gasteiger partial charge is 0.224 e. The van der Waals surface area contributed by atoms with Crippen molar-refractivity contribution in [3.05, 3.63) is 24.3 Å². The Bertz CT molecular complexity index is 349. The highest BCUT2D eigenvalue weighted by Gasteiger charge is 2.02. The zero-order chi connectivity index (χ0) is 12.7. The van der Waals surface area contributed by atoms with E-state index >= 15 is 0 Å². The number of carbonyl (C=O) groups is 1. The number of rotatable bonds is 6. The average Bonchev–Trinajstić information content (AvgIpc) is 2.32. The highest BCUT2D eigenvalue weighted by molar-refractivity contribution is 5.90. The van der Waals surface area contributed by atoms with Crippen molar-refractivity contribution in [3.8, 4) is 0 Å². The van der Waals surface area contributed by atoms with Gasteiger partial charge in [-0.3, -0.25) is 4.79 Å². The van der Waals surface area contributed by atoms with Crippen molar-refractivity contribution in [1.29, 1.82) is 0 Å². The molecular weight excluding hydrogens is 216 g/mol. The average molecular weight is 236 g/mol. The van der Waals surface area contributed by atoms with Gasteiger partial charge in [0.15, 0.2) is 0 Å². The molecule has 0 aliphatic heterocycles.